The molecule has 0 spiro atoms. The van der Waals surface area contributed by atoms with Gasteiger partial charge in [0.2, 0.25) is 0 Å². The minimum Gasteiger partial charge on any atom is -0.299 e. The molecule has 16 heavy (non-hydrogen) atoms. The van der Waals surface area contributed by atoms with Crippen molar-refractivity contribution < 1.29 is 14.4 Å². The van der Waals surface area contributed by atoms with Crippen LogP contribution in [-0.2, 0) is 14.4 Å². The van der Waals surface area contributed by atoms with E-state index in [1.807, 2.05) is 13.8 Å². The zero-order chi connectivity index (χ0) is 12.4. The van der Waals surface area contributed by atoms with E-state index in [1.54, 1.807) is 6.92 Å². The maximum absolute atomic E-state index is 12.4. The lowest BCUT2D eigenvalue weighted by atomic mass is 9.42. The molecule has 0 N–H and O–H groups in total. The molecule has 0 radical (unpaired) electrons. The van der Waals surface area contributed by atoms with Gasteiger partial charge in [-0.15, -0.1) is 0 Å². The summed E-state index contributed by atoms with van der Waals surface area (Å²) in [5.74, 6) is -0.100. The van der Waals surface area contributed by atoms with Crippen LogP contribution in [-0.4, -0.2) is 17.3 Å². The standard InChI is InChI=1S/C13H18O3/c1-8(14)13-6-5-12(4,9(15)7-13)10(16)11(13,2)3/h5-7H2,1-4H3. The number of carbonyl (C=O) groups is 3. The fourth-order valence-corrected chi connectivity index (χ4v) is 3.58. The predicted octanol–water partition coefficient (Wildman–Crippen LogP) is 1.93. The summed E-state index contributed by atoms with van der Waals surface area (Å²) in [5.41, 5.74) is -2.26. The molecule has 88 valence electrons. The van der Waals surface area contributed by atoms with Crippen molar-refractivity contribution in [1.82, 2.24) is 0 Å². The molecular weight excluding hydrogens is 204 g/mol. The zero-order valence-corrected chi connectivity index (χ0v) is 10.3. The Bertz CT molecular complexity index is 407. The maximum Gasteiger partial charge on any atom is 0.152 e. The van der Waals surface area contributed by atoms with Crippen molar-refractivity contribution in [3.8, 4) is 0 Å². The number of carbonyl (C=O) groups excluding carboxylic acids is 3. The quantitative estimate of drug-likeness (QED) is 0.637. The Labute approximate surface area is 95.6 Å². The average molecular weight is 222 g/mol. The van der Waals surface area contributed by atoms with Gasteiger partial charge in [0.25, 0.3) is 0 Å². The van der Waals surface area contributed by atoms with E-state index in [4.69, 9.17) is 0 Å². The van der Waals surface area contributed by atoms with Crippen LogP contribution in [0.15, 0.2) is 0 Å². The smallest absolute Gasteiger partial charge is 0.152 e. The summed E-state index contributed by atoms with van der Waals surface area (Å²) in [7, 11) is 0. The fraction of sp³-hybridized carbons (Fsp3) is 0.769. The van der Waals surface area contributed by atoms with Crippen LogP contribution in [0, 0.1) is 16.2 Å². The number of fused-ring (bicyclic) bond motifs is 3. The Kier molecular flexibility index (Phi) is 2.02. The lowest BCUT2D eigenvalue weighted by molar-refractivity contribution is -0.177. The number of hydrogen-bond acceptors (Lipinski definition) is 3. The van der Waals surface area contributed by atoms with Crippen LogP contribution in [0.25, 0.3) is 0 Å². The minimum absolute atomic E-state index is 0.0130. The second kappa shape index (κ2) is 2.82. The average Bonchev–Trinajstić information content (AvgIpc) is 2.18. The van der Waals surface area contributed by atoms with Gasteiger partial charge in [-0.2, -0.15) is 0 Å². The number of ketones is 3. The summed E-state index contributed by atoms with van der Waals surface area (Å²) in [5, 5.41) is 0. The Morgan fingerprint density at radius 2 is 1.69 bits per heavy atom. The van der Waals surface area contributed by atoms with Gasteiger partial charge in [0.05, 0.1) is 5.41 Å². The third kappa shape index (κ3) is 0.969. The van der Waals surface area contributed by atoms with Gasteiger partial charge in [-0.3, -0.25) is 14.4 Å². The van der Waals surface area contributed by atoms with Crippen LogP contribution in [0.2, 0.25) is 0 Å². The largest absolute Gasteiger partial charge is 0.299 e. The number of rotatable bonds is 1. The topological polar surface area (TPSA) is 51.2 Å². The van der Waals surface area contributed by atoms with Crippen LogP contribution in [0.5, 0.6) is 0 Å². The van der Waals surface area contributed by atoms with E-state index in [0.29, 0.717) is 12.8 Å². The molecule has 2 bridgehead atoms. The molecule has 3 aliphatic carbocycles. The molecule has 3 aliphatic rings. The highest BCUT2D eigenvalue weighted by molar-refractivity contribution is 6.16. The van der Waals surface area contributed by atoms with Gasteiger partial charge in [-0.1, -0.05) is 13.8 Å². The van der Waals surface area contributed by atoms with E-state index in [0.717, 1.165) is 0 Å². The van der Waals surface area contributed by atoms with Crippen molar-refractivity contribution in [2.24, 2.45) is 16.2 Å². The van der Waals surface area contributed by atoms with Gasteiger partial charge < -0.3 is 0 Å². The molecule has 0 aromatic heterocycles. The molecular formula is C13H18O3. The third-order valence-electron chi connectivity index (χ3n) is 5.07. The first kappa shape index (κ1) is 11.5. The van der Waals surface area contributed by atoms with E-state index in [9.17, 15) is 14.4 Å². The second-order valence-corrected chi connectivity index (χ2v) is 6.02. The van der Waals surface area contributed by atoms with E-state index in [2.05, 4.69) is 0 Å². The highest BCUT2D eigenvalue weighted by Crippen LogP contribution is 2.61. The number of Topliss-reactive ketones (excluding diaryl/α,β-unsaturated/α-hetero) is 3. The van der Waals surface area contributed by atoms with Crippen LogP contribution in [0.1, 0.15) is 47.0 Å². The zero-order valence-electron chi connectivity index (χ0n) is 10.3. The van der Waals surface area contributed by atoms with Crippen LogP contribution < -0.4 is 0 Å². The molecule has 0 aromatic rings. The first-order valence-electron chi connectivity index (χ1n) is 5.78. The van der Waals surface area contributed by atoms with Crippen molar-refractivity contribution in [3.05, 3.63) is 0 Å². The van der Waals surface area contributed by atoms with E-state index >= 15 is 0 Å². The molecule has 3 heteroatoms. The van der Waals surface area contributed by atoms with E-state index in [-0.39, 0.29) is 23.8 Å². The molecule has 0 heterocycles. The molecule has 3 rings (SSSR count). The van der Waals surface area contributed by atoms with Crippen molar-refractivity contribution in [2.45, 2.75) is 47.0 Å². The molecule has 3 nitrogen and oxygen atoms in total. The Morgan fingerprint density at radius 3 is 2.12 bits per heavy atom. The van der Waals surface area contributed by atoms with Crippen LogP contribution in [0.4, 0.5) is 0 Å². The fourth-order valence-electron chi connectivity index (χ4n) is 3.58. The van der Waals surface area contributed by atoms with Crippen molar-refractivity contribution in [2.75, 3.05) is 0 Å². The number of hydrogen-bond donors (Lipinski definition) is 0. The predicted molar refractivity (Wildman–Crippen MR) is 58.9 cm³/mol. The molecule has 0 amide bonds. The first-order valence-corrected chi connectivity index (χ1v) is 5.78. The van der Waals surface area contributed by atoms with Gasteiger partial charge in [-0.25, -0.2) is 0 Å². The molecule has 0 aromatic carbocycles. The Hall–Kier alpha value is -0.990. The molecule has 0 saturated heterocycles. The summed E-state index contributed by atoms with van der Waals surface area (Å²) in [4.78, 5) is 36.3. The third-order valence-corrected chi connectivity index (χ3v) is 5.07. The lowest BCUT2D eigenvalue weighted by Crippen LogP contribution is -2.65. The minimum atomic E-state index is -0.833. The van der Waals surface area contributed by atoms with Crippen LogP contribution in [0.3, 0.4) is 0 Å². The van der Waals surface area contributed by atoms with Crippen molar-refractivity contribution >= 4 is 17.3 Å². The summed E-state index contributed by atoms with van der Waals surface area (Å²) in [6.07, 6.45) is 1.45. The summed E-state index contributed by atoms with van der Waals surface area (Å²) in [6, 6.07) is 0. The second-order valence-electron chi connectivity index (χ2n) is 6.02. The Balaban J connectivity index is 2.63. The first-order chi connectivity index (χ1) is 7.18. The van der Waals surface area contributed by atoms with Gasteiger partial charge in [-0.05, 0) is 26.7 Å². The molecule has 3 saturated carbocycles. The SMILES string of the molecule is CC(=O)C12CCC(C)(C(=O)C1)C(=O)C2(C)C. The van der Waals surface area contributed by atoms with Crippen molar-refractivity contribution in [3.63, 3.8) is 0 Å². The summed E-state index contributed by atoms with van der Waals surface area (Å²) >= 11 is 0. The monoisotopic (exact) mass is 222 g/mol. The molecule has 3 fully saturated rings. The highest BCUT2D eigenvalue weighted by Gasteiger charge is 2.68. The molecule has 2 unspecified atom stereocenters. The van der Waals surface area contributed by atoms with Gasteiger partial charge >= 0.3 is 0 Å². The maximum atomic E-state index is 12.4. The summed E-state index contributed by atoms with van der Waals surface area (Å²) < 4.78 is 0. The van der Waals surface area contributed by atoms with Crippen LogP contribution >= 0.6 is 0 Å². The van der Waals surface area contributed by atoms with E-state index in [1.165, 1.54) is 6.92 Å². The highest BCUT2D eigenvalue weighted by atomic mass is 16.2. The Morgan fingerprint density at radius 1 is 1.12 bits per heavy atom. The summed E-state index contributed by atoms with van der Waals surface area (Å²) in [6.45, 7) is 6.89. The normalized spacial score (nSPS) is 41.2. The molecule has 0 aliphatic heterocycles. The molecule has 2 atom stereocenters. The van der Waals surface area contributed by atoms with E-state index < -0.39 is 16.2 Å². The van der Waals surface area contributed by atoms with Gasteiger partial charge in [0, 0.05) is 17.3 Å². The lowest BCUT2D eigenvalue weighted by Gasteiger charge is -2.57. The van der Waals surface area contributed by atoms with Crippen molar-refractivity contribution in [1.29, 1.82) is 0 Å². The van der Waals surface area contributed by atoms with Gasteiger partial charge in [0.1, 0.15) is 11.6 Å². The van der Waals surface area contributed by atoms with Gasteiger partial charge in [0.15, 0.2) is 5.78 Å².